The molecule has 0 unspecified atom stereocenters. The van der Waals surface area contributed by atoms with Gasteiger partial charge in [-0.2, -0.15) is 0 Å². The molecule has 0 amide bonds. The minimum Gasteiger partial charge on any atom is -0.461 e. The second-order valence-electron chi connectivity index (χ2n) is 5.45. The van der Waals surface area contributed by atoms with Crippen molar-refractivity contribution in [1.82, 2.24) is 9.71 Å². The normalized spacial score (nSPS) is 15.8. The summed E-state index contributed by atoms with van der Waals surface area (Å²) in [7, 11) is -3.61. The number of H-pyrrole nitrogens is 1. The number of rotatable bonds is 6. The van der Waals surface area contributed by atoms with Crippen molar-refractivity contribution in [2.45, 2.75) is 44.9 Å². The fraction of sp³-hybridized carbons (Fsp3) is 0.643. The van der Waals surface area contributed by atoms with Gasteiger partial charge in [0.1, 0.15) is 10.6 Å². The van der Waals surface area contributed by atoms with E-state index in [0.717, 1.165) is 12.8 Å². The number of carbonyl (C=O) groups excluding carboxylic acids is 1. The average Bonchev–Trinajstić information content (AvgIpc) is 2.63. The number of aromatic nitrogens is 1. The minimum absolute atomic E-state index is 0.157. The van der Waals surface area contributed by atoms with Gasteiger partial charge in [-0.15, -0.1) is 0 Å². The van der Waals surface area contributed by atoms with Crippen LogP contribution < -0.4 is 4.72 Å². The van der Waals surface area contributed by atoms with Gasteiger partial charge in [0.05, 0.1) is 6.61 Å². The van der Waals surface area contributed by atoms with Gasteiger partial charge in [-0.05, 0) is 39.5 Å². The zero-order chi connectivity index (χ0) is 15.6. The van der Waals surface area contributed by atoms with Crippen molar-refractivity contribution in [1.29, 1.82) is 0 Å². The number of hydrogen-bond donors (Lipinski definition) is 2. The fourth-order valence-electron chi connectivity index (χ4n) is 2.54. The summed E-state index contributed by atoms with van der Waals surface area (Å²) in [6.07, 6.45) is 3.31. The van der Waals surface area contributed by atoms with Crippen LogP contribution in [0.1, 0.15) is 47.9 Å². The maximum Gasteiger partial charge on any atom is 0.355 e. The Labute approximate surface area is 125 Å². The standard InChI is InChI=1S/C14H22N2O4S/c1-4-20-14(17)12-9(2)13(10(3)16-12)21(18,19)15-8-11-6-5-7-11/h11,15-16H,4-8H2,1-3H3. The van der Waals surface area contributed by atoms with Crippen molar-refractivity contribution in [3.05, 3.63) is 17.0 Å². The van der Waals surface area contributed by atoms with Crippen molar-refractivity contribution >= 4 is 16.0 Å². The molecule has 1 aromatic rings. The molecule has 2 N–H and O–H groups in total. The Balaban J connectivity index is 2.23. The summed E-state index contributed by atoms with van der Waals surface area (Å²) in [4.78, 5) is 14.8. The van der Waals surface area contributed by atoms with Crippen molar-refractivity contribution in [3.63, 3.8) is 0 Å². The van der Waals surface area contributed by atoms with E-state index in [1.54, 1.807) is 20.8 Å². The lowest BCUT2D eigenvalue weighted by Gasteiger charge is -2.25. The largest absolute Gasteiger partial charge is 0.461 e. The first-order chi connectivity index (χ1) is 9.86. The highest BCUT2D eigenvalue weighted by molar-refractivity contribution is 7.89. The monoisotopic (exact) mass is 314 g/mol. The first-order valence-electron chi connectivity index (χ1n) is 7.22. The molecule has 0 atom stereocenters. The predicted octanol–water partition coefficient (Wildman–Crippen LogP) is 1.89. The van der Waals surface area contributed by atoms with Crippen molar-refractivity contribution in [2.75, 3.05) is 13.2 Å². The van der Waals surface area contributed by atoms with E-state index in [0.29, 0.717) is 23.7 Å². The molecule has 1 saturated carbocycles. The number of aryl methyl sites for hydroxylation is 1. The van der Waals surface area contributed by atoms with Crippen LogP contribution >= 0.6 is 0 Å². The Morgan fingerprint density at radius 3 is 2.57 bits per heavy atom. The number of hydrogen-bond acceptors (Lipinski definition) is 4. The maximum absolute atomic E-state index is 12.4. The second-order valence-corrected chi connectivity index (χ2v) is 7.15. The number of sulfonamides is 1. The van der Waals surface area contributed by atoms with Crippen LogP contribution in [0.2, 0.25) is 0 Å². The van der Waals surface area contributed by atoms with Gasteiger partial charge in [0.25, 0.3) is 0 Å². The first-order valence-corrected chi connectivity index (χ1v) is 8.71. The Bertz CT molecular complexity index is 630. The molecule has 2 rings (SSSR count). The minimum atomic E-state index is -3.61. The number of ether oxygens (including phenoxy) is 1. The number of nitrogens with one attached hydrogen (secondary N) is 2. The van der Waals surface area contributed by atoms with Crippen LogP contribution in [0.4, 0.5) is 0 Å². The summed E-state index contributed by atoms with van der Waals surface area (Å²) >= 11 is 0. The van der Waals surface area contributed by atoms with Crippen LogP contribution in [-0.2, 0) is 14.8 Å². The Morgan fingerprint density at radius 2 is 2.05 bits per heavy atom. The van der Waals surface area contributed by atoms with Crippen molar-refractivity contribution in [2.24, 2.45) is 5.92 Å². The molecule has 118 valence electrons. The summed E-state index contributed by atoms with van der Waals surface area (Å²) < 4.78 is 32.4. The molecule has 0 radical (unpaired) electrons. The molecule has 0 saturated heterocycles. The molecule has 1 heterocycles. The molecule has 0 aromatic carbocycles. The van der Waals surface area contributed by atoms with Crippen LogP contribution in [0.5, 0.6) is 0 Å². The lowest BCUT2D eigenvalue weighted by atomic mass is 9.86. The number of esters is 1. The molecular formula is C14H22N2O4S. The van der Waals surface area contributed by atoms with Crippen LogP contribution in [-0.4, -0.2) is 32.5 Å². The highest BCUT2D eigenvalue weighted by Crippen LogP contribution is 2.27. The highest BCUT2D eigenvalue weighted by atomic mass is 32.2. The van der Waals surface area contributed by atoms with Gasteiger partial charge in [-0.3, -0.25) is 0 Å². The fourth-order valence-corrected chi connectivity index (χ4v) is 4.10. The van der Waals surface area contributed by atoms with Crippen LogP contribution in [0.25, 0.3) is 0 Å². The molecule has 0 spiro atoms. The lowest BCUT2D eigenvalue weighted by molar-refractivity contribution is 0.0519. The molecule has 6 nitrogen and oxygen atoms in total. The Morgan fingerprint density at radius 1 is 1.38 bits per heavy atom. The summed E-state index contributed by atoms with van der Waals surface area (Å²) in [5, 5.41) is 0. The molecule has 21 heavy (non-hydrogen) atoms. The van der Waals surface area contributed by atoms with Gasteiger partial charge in [-0.25, -0.2) is 17.9 Å². The summed E-state index contributed by atoms with van der Waals surface area (Å²) in [6.45, 7) is 5.68. The summed E-state index contributed by atoms with van der Waals surface area (Å²) in [6, 6.07) is 0. The van der Waals surface area contributed by atoms with Crippen molar-refractivity contribution in [3.8, 4) is 0 Å². The Kier molecular flexibility index (Phi) is 4.73. The van der Waals surface area contributed by atoms with E-state index >= 15 is 0 Å². The van der Waals surface area contributed by atoms with E-state index in [1.807, 2.05) is 0 Å². The third-order valence-corrected chi connectivity index (χ3v) is 5.60. The molecule has 1 aromatic heterocycles. The highest BCUT2D eigenvalue weighted by Gasteiger charge is 2.28. The van der Waals surface area contributed by atoms with Gasteiger partial charge in [0.2, 0.25) is 10.0 Å². The van der Waals surface area contributed by atoms with Crippen LogP contribution in [0, 0.1) is 19.8 Å². The zero-order valence-corrected chi connectivity index (χ0v) is 13.5. The smallest absolute Gasteiger partial charge is 0.355 e. The quantitative estimate of drug-likeness (QED) is 0.785. The zero-order valence-electron chi connectivity index (χ0n) is 12.7. The van der Waals surface area contributed by atoms with Gasteiger partial charge in [0.15, 0.2) is 0 Å². The summed E-state index contributed by atoms with van der Waals surface area (Å²) in [5.74, 6) is -0.0950. The van der Waals surface area contributed by atoms with E-state index in [9.17, 15) is 13.2 Å². The van der Waals surface area contributed by atoms with Crippen LogP contribution in [0.3, 0.4) is 0 Å². The molecule has 1 fully saturated rings. The van der Waals surface area contributed by atoms with Crippen LogP contribution in [0.15, 0.2) is 4.90 Å². The maximum atomic E-state index is 12.4. The van der Waals surface area contributed by atoms with Gasteiger partial charge in [0, 0.05) is 17.8 Å². The third-order valence-electron chi connectivity index (χ3n) is 3.90. The molecule has 0 bridgehead atoms. The molecule has 7 heteroatoms. The van der Waals surface area contributed by atoms with Gasteiger partial charge >= 0.3 is 5.97 Å². The topological polar surface area (TPSA) is 88.3 Å². The molecule has 1 aliphatic carbocycles. The average molecular weight is 314 g/mol. The predicted molar refractivity (Wildman–Crippen MR) is 78.8 cm³/mol. The number of aromatic amines is 1. The van der Waals surface area contributed by atoms with Gasteiger partial charge in [-0.1, -0.05) is 6.42 Å². The first kappa shape index (κ1) is 16.0. The lowest BCUT2D eigenvalue weighted by Crippen LogP contribution is -2.32. The van der Waals surface area contributed by atoms with E-state index in [1.165, 1.54) is 6.42 Å². The third kappa shape index (κ3) is 3.29. The second kappa shape index (κ2) is 6.19. The SMILES string of the molecule is CCOC(=O)c1[nH]c(C)c(S(=O)(=O)NCC2CCC2)c1C. The molecule has 0 aliphatic heterocycles. The Hall–Kier alpha value is -1.34. The van der Waals surface area contributed by atoms with E-state index in [-0.39, 0.29) is 17.2 Å². The van der Waals surface area contributed by atoms with E-state index in [2.05, 4.69) is 9.71 Å². The number of carbonyl (C=O) groups is 1. The van der Waals surface area contributed by atoms with E-state index in [4.69, 9.17) is 4.74 Å². The molecule has 1 aliphatic rings. The summed E-state index contributed by atoms with van der Waals surface area (Å²) in [5.41, 5.74) is 1.07. The van der Waals surface area contributed by atoms with E-state index < -0.39 is 16.0 Å². The van der Waals surface area contributed by atoms with Gasteiger partial charge < -0.3 is 9.72 Å². The van der Waals surface area contributed by atoms with Crippen molar-refractivity contribution < 1.29 is 17.9 Å². The molecular weight excluding hydrogens is 292 g/mol.